The molecular weight excluding hydrogens is 252 g/mol. The number of hydrogen-bond acceptors (Lipinski definition) is 3. The maximum atomic E-state index is 12.4. The quantitative estimate of drug-likeness (QED) is 0.782. The molecule has 3 heteroatoms. The first-order valence-electron chi connectivity index (χ1n) is 6.39. The van der Waals surface area contributed by atoms with Crippen molar-refractivity contribution in [3.8, 4) is 11.5 Å². The van der Waals surface area contributed by atoms with Gasteiger partial charge in [0.25, 0.3) is 0 Å². The van der Waals surface area contributed by atoms with Gasteiger partial charge in [-0.05, 0) is 35.9 Å². The number of rotatable bonds is 2. The monoisotopic (exact) mass is 266 g/mol. The van der Waals surface area contributed by atoms with E-state index in [9.17, 15) is 4.79 Å². The number of carbonyl (C=O) groups excluding carboxylic acids is 1. The Labute approximate surface area is 117 Å². The van der Waals surface area contributed by atoms with E-state index < -0.39 is 0 Å². The lowest BCUT2D eigenvalue weighted by Gasteiger charge is -2.18. The van der Waals surface area contributed by atoms with Gasteiger partial charge in [-0.2, -0.15) is 0 Å². The molecule has 1 heterocycles. The summed E-state index contributed by atoms with van der Waals surface area (Å²) in [6.07, 6.45) is 1.86. The van der Waals surface area contributed by atoms with E-state index in [1.54, 1.807) is 13.2 Å². The summed E-state index contributed by atoms with van der Waals surface area (Å²) in [6.45, 7) is 0.307. The van der Waals surface area contributed by atoms with E-state index >= 15 is 0 Å². The molecule has 0 saturated carbocycles. The number of ketones is 1. The summed E-state index contributed by atoms with van der Waals surface area (Å²) in [5.74, 6) is 1.48. The van der Waals surface area contributed by atoms with E-state index in [1.807, 2.05) is 48.5 Å². The second-order valence-corrected chi connectivity index (χ2v) is 4.56. The summed E-state index contributed by atoms with van der Waals surface area (Å²) >= 11 is 0. The Morgan fingerprint density at radius 3 is 2.60 bits per heavy atom. The van der Waals surface area contributed by atoms with Crippen LogP contribution in [0.4, 0.5) is 0 Å². The van der Waals surface area contributed by atoms with Gasteiger partial charge in [-0.1, -0.05) is 24.3 Å². The van der Waals surface area contributed by atoms with Gasteiger partial charge in [-0.25, -0.2) is 0 Å². The SMILES string of the molecule is COc1ccc(C=C2COc3ccccc3C2=O)cc1. The number of fused-ring (bicyclic) bond motifs is 1. The van der Waals surface area contributed by atoms with Crippen LogP contribution in [-0.4, -0.2) is 19.5 Å². The molecule has 1 aliphatic rings. The minimum absolute atomic E-state index is 0.0302. The molecule has 0 unspecified atom stereocenters. The van der Waals surface area contributed by atoms with Crippen molar-refractivity contribution < 1.29 is 14.3 Å². The largest absolute Gasteiger partial charge is 0.497 e. The predicted molar refractivity (Wildman–Crippen MR) is 77.2 cm³/mol. The molecule has 0 amide bonds. The van der Waals surface area contributed by atoms with Gasteiger partial charge in [0.05, 0.1) is 12.7 Å². The third kappa shape index (κ3) is 2.30. The van der Waals surface area contributed by atoms with Crippen molar-refractivity contribution in [1.29, 1.82) is 0 Å². The Hall–Kier alpha value is -2.55. The average molecular weight is 266 g/mol. The standard InChI is InChI=1S/C17H14O3/c1-19-14-8-6-12(7-9-14)10-13-11-20-16-5-3-2-4-15(16)17(13)18/h2-10H,11H2,1H3. The molecule has 0 fully saturated rings. The molecular formula is C17H14O3. The van der Waals surface area contributed by atoms with E-state index in [0.29, 0.717) is 23.5 Å². The highest BCUT2D eigenvalue weighted by Gasteiger charge is 2.22. The van der Waals surface area contributed by atoms with Crippen LogP contribution in [0.25, 0.3) is 6.08 Å². The van der Waals surface area contributed by atoms with E-state index in [-0.39, 0.29) is 5.78 Å². The molecule has 0 radical (unpaired) electrons. The third-order valence-electron chi connectivity index (χ3n) is 3.26. The van der Waals surface area contributed by atoms with Gasteiger partial charge in [0, 0.05) is 5.57 Å². The lowest BCUT2D eigenvalue weighted by molar-refractivity contribution is 0.100. The Balaban J connectivity index is 1.91. The molecule has 1 aliphatic heterocycles. The Bertz CT molecular complexity index is 669. The van der Waals surface area contributed by atoms with Crippen LogP contribution in [0.5, 0.6) is 11.5 Å². The minimum atomic E-state index is 0.0302. The molecule has 0 spiro atoms. The normalized spacial score (nSPS) is 15.7. The molecule has 0 N–H and O–H groups in total. The summed E-state index contributed by atoms with van der Waals surface area (Å²) in [5.41, 5.74) is 2.24. The number of methoxy groups -OCH3 is 1. The molecule has 2 aromatic carbocycles. The maximum absolute atomic E-state index is 12.4. The van der Waals surface area contributed by atoms with Crippen LogP contribution in [0.1, 0.15) is 15.9 Å². The predicted octanol–water partition coefficient (Wildman–Crippen LogP) is 3.35. The molecule has 3 nitrogen and oxygen atoms in total. The number of benzene rings is 2. The van der Waals surface area contributed by atoms with E-state index in [4.69, 9.17) is 9.47 Å². The zero-order chi connectivity index (χ0) is 13.9. The number of ether oxygens (including phenoxy) is 2. The zero-order valence-corrected chi connectivity index (χ0v) is 11.1. The van der Waals surface area contributed by atoms with Crippen molar-refractivity contribution in [3.63, 3.8) is 0 Å². The molecule has 3 rings (SSSR count). The Morgan fingerprint density at radius 1 is 1.10 bits per heavy atom. The van der Waals surface area contributed by atoms with Gasteiger partial charge < -0.3 is 9.47 Å². The number of Topliss-reactive ketones (excluding diaryl/α,β-unsaturated/α-hetero) is 1. The highest BCUT2D eigenvalue weighted by Crippen LogP contribution is 2.27. The van der Waals surface area contributed by atoms with Crippen LogP contribution in [0.15, 0.2) is 54.1 Å². The second-order valence-electron chi connectivity index (χ2n) is 4.56. The zero-order valence-electron chi connectivity index (χ0n) is 11.1. The average Bonchev–Trinajstić information content (AvgIpc) is 2.51. The summed E-state index contributed by atoms with van der Waals surface area (Å²) in [4.78, 5) is 12.4. The van der Waals surface area contributed by atoms with Gasteiger partial charge in [-0.3, -0.25) is 4.79 Å². The Morgan fingerprint density at radius 2 is 1.85 bits per heavy atom. The number of hydrogen-bond donors (Lipinski definition) is 0. The van der Waals surface area contributed by atoms with Crippen molar-refractivity contribution in [2.45, 2.75) is 0 Å². The first-order chi connectivity index (χ1) is 9.78. The lowest BCUT2D eigenvalue weighted by Crippen LogP contribution is -2.18. The van der Waals surface area contributed by atoms with Gasteiger partial charge in [0.1, 0.15) is 18.1 Å². The van der Waals surface area contributed by atoms with E-state index in [2.05, 4.69) is 0 Å². The molecule has 0 bridgehead atoms. The molecule has 0 aromatic heterocycles. The molecule has 20 heavy (non-hydrogen) atoms. The summed E-state index contributed by atoms with van der Waals surface area (Å²) in [6, 6.07) is 14.9. The van der Waals surface area contributed by atoms with Gasteiger partial charge in [0.15, 0.2) is 5.78 Å². The molecule has 0 saturated heterocycles. The summed E-state index contributed by atoms with van der Waals surface area (Å²) in [5, 5.41) is 0. The molecule has 2 aromatic rings. The lowest BCUT2D eigenvalue weighted by atomic mass is 9.98. The highest BCUT2D eigenvalue weighted by atomic mass is 16.5. The number of carbonyl (C=O) groups is 1. The Kier molecular flexibility index (Phi) is 3.25. The fourth-order valence-electron chi connectivity index (χ4n) is 2.18. The smallest absolute Gasteiger partial charge is 0.196 e. The van der Waals surface area contributed by atoms with Crippen molar-refractivity contribution in [2.24, 2.45) is 0 Å². The highest BCUT2D eigenvalue weighted by molar-refractivity contribution is 6.14. The van der Waals surface area contributed by atoms with Crippen LogP contribution in [0, 0.1) is 0 Å². The van der Waals surface area contributed by atoms with Gasteiger partial charge >= 0.3 is 0 Å². The topological polar surface area (TPSA) is 35.5 Å². The van der Waals surface area contributed by atoms with Crippen molar-refractivity contribution in [1.82, 2.24) is 0 Å². The van der Waals surface area contributed by atoms with Crippen LogP contribution in [-0.2, 0) is 0 Å². The number of para-hydroxylation sites is 1. The first kappa shape index (κ1) is 12.5. The fourth-order valence-corrected chi connectivity index (χ4v) is 2.18. The summed E-state index contributed by atoms with van der Waals surface area (Å²) < 4.78 is 10.7. The fraction of sp³-hybridized carbons (Fsp3) is 0.118. The van der Waals surface area contributed by atoms with E-state index in [1.165, 1.54) is 0 Å². The van der Waals surface area contributed by atoms with Gasteiger partial charge in [-0.15, -0.1) is 0 Å². The van der Waals surface area contributed by atoms with Crippen LogP contribution in [0.3, 0.4) is 0 Å². The summed E-state index contributed by atoms with van der Waals surface area (Å²) in [7, 11) is 1.63. The van der Waals surface area contributed by atoms with Crippen LogP contribution in [0.2, 0.25) is 0 Å². The van der Waals surface area contributed by atoms with Crippen molar-refractivity contribution in [2.75, 3.05) is 13.7 Å². The molecule has 0 aliphatic carbocycles. The van der Waals surface area contributed by atoms with Gasteiger partial charge in [0.2, 0.25) is 0 Å². The van der Waals surface area contributed by atoms with Crippen LogP contribution < -0.4 is 9.47 Å². The second kappa shape index (κ2) is 5.21. The van der Waals surface area contributed by atoms with Crippen molar-refractivity contribution in [3.05, 3.63) is 65.2 Å². The molecule has 100 valence electrons. The van der Waals surface area contributed by atoms with E-state index in [0.717, 1.165) is 11.3 Å². The minimum Gasteiger partial charge on any atom is -0.497 e. The van der Waals surface area contributed by atoms with Crippen LogP contribution >= 0.6 is 0 Å². The molecule has 0 atom stereocenters. The van der Waals surface area contributed by atoms with Crippen molar-refractivity contribution >= 4 is 11.9 Å². The third-order valence-corrected chi connectivity index (χ3v) is 3.26. The maximum Gasteiger partial charge on any atom is 0.196 e. The first-order valence-corrected chi connectivity index (χ1v) is 6.39.